The van der Waals surface area contributed by atoms with Gasteiger partial charge in [0, 0.05) is 12.1 Å². The second-order valence-corrected chi connectivity index (χ2v) is 6.90. The highest BCUT2D eigenvalue weighted by Crippen LogP contribution is 2.72. The zero-order chi connectivity index (χ0) is 15.5. The normalized spacial score (nSPS) is 24.2. The number of hydrogen-bond donors (Lipinski definition) is 0. The zero-order valence-electron chi connectivity index (χ0n) is 10.8. The Morgan fingerprint density at radius 2 is 1.55 bits per heavy atom. The Morgan fingerprint density at radius 3 is 2.27 bits per heavy atom. The van der Waals surface area contributed by atoms with E-state index in [1.165, 1.54) is 12.1 Å². The summed E-state index contributed by atoms with van der Waals surface area (Å²) in [6.45, 7) is 0. The lowest BCUT2D eigenvalue weighted by Crippen LogP contribution is -2.02. The fourth-order valence-electron chi connectivity index (χ4n) is 2.51. The lowest BCUT2D eigenvalue weighted by atomic mass is 10.2. The summed E-state index contributed by atoms with van der Waals surface area (Å²) in [4.78, 5) is 35.2. The van der Waals surface area contributed by atoms with Crippen molar-refractivity contribution in [3.8, 4) is 0 Å². The lowest BCUT2D eigenvalue weighted by molar-refractivity contribution is -0.384. The number of fused-ring (bicyclic) bond motifs is 4. The summed E-state index contributed by atoms with van der Waals surface area (Å²) in [5.74, 6) is -1.29. The summed E-state index contributed by atoms with van der Waals surface area (Å²) in [6, 6.07) is 10.5. The van der Waals surface area contributed by atoms with Gasteiger partial charge in [0.2, 0.25) is 0 Å². The van der Waals surface area contributed by atoms with Gasteiger partial charge in [-0.3, -0.25) is 10.1 Å². The Labute approximate surface area is 125 Å². The fraction of sp³-hybridized carbons (Fsp3) is 0. The van der Waals surface area contributed by atoms with Crippen LogP contribution in [-0.2, 0) is 8.37 Å². The molecule has 0 aliphatic carbocycles. The van der Waals surface area contributed by atoms with Crippen LogP contribution in [0.25, 0.3) is 0 Å². The number of rotatable bonds is 1. The summed E-state index contributed by atoms with van der Waals surface area (Å²) in [5, 5.41) is 10.8. The third-order valence-corrected chi connectivity index (χ3v) is 6.11. The first-order chi connectivity index (χ1) is 10.5. The predicted octanol–water partition coefficient (Wildman–Crippen LogP) is 2.99. The molecule has 0 aromatic heterocycles. The summed E-state index contributed by atoms with van der Waals surface area (Å²) in [7, 11) is -2.71. The van der Waals surface area contributed by atoms with Crippen molar-refractivity contribution >= 4 is 28.2 Å². The molecule has 4 rings (SSSR count). The SMILES string of the molecule is O=C1OS2(OC(=O)c3cc([N+](=O)[O-])ccc32)c2ccccc21. The van der Waals surface area contributed by atoms with E-state index in [-0.39, 0.29) is 11.3 Å². The summed E-state index contributed by atoms with van der Waals surface area (Å²) in [5.41, 5.74) is 0.190. The molecule has 0 saturated heterocycles. The summed E-state index contributed by atoms with van der Waals surface area (Å²) in [6.07, 6.45) is 0. The van der Waals surface area contributed by atoms with Crippen LogP contribution in [0.5, 0.6) is 0 Å². The highest BCUT2D eigenvalue weighted by molar-refractivity contribution is 8.27. The fourth-order valence-corrected chi connectivity index (χ4v) is 5.13. The molecule has 0 saturated carbocycles. The number of carbonyl (C=O) groups is 2. The lowest BCUT2D eigenvalue weighted by Gasteiger charge is -2.32. The van der Waals surface area contributed by atoms with E-state index >= 15 is 0 Å². The van der Waals surface area contributed by atoms with Crippen LogP contribution in [0.15, 0.2) is 52.3 Å². The van der Waals surface area contributed by atoms with Gasteiger partial charge in [-0.1, -0.05) is 22.7 Å². The average molecular weight is 317 g/mol. The monoisotopic (exact) mass is 317 g/mol. The van der Waals surface area contributed by atoms with Crippen molar-refractivity contribution in [2.45, 2.75) is 9.79 Å². The number of carbonyl (C=O) groups excluding carboxylic acids is 2. The minimum Gasteiger partial charge on any atom is -0.330 e. The van der Waals surface area contributed by atoms with E-state index in [9.17, 15) is 19.7 Å². The topological polar surface area (TPSA) is 95.7 Å². The molecule has 2 aromatic rings. The predicted molar refractivity (Wildman–Crippen MR) is 74.5 cm³/mol. The number of nitro benzene ring substituents is 1. The summed E-state index contributed by atoms with van der Waals surface area (Å²) >= 11 is 0. The van der Waals surface area contributed by atoms with Crippen molar-refractivity contribution in [2.24, 2.45) is 0 Å². The van der Waals surface area contributed by atoms with Crippen LogP contribution in [-0.4, -0.2) is 16.9 Å². The van der Waals surface area contributed by atoms with Gasteiger partial charge in [-0.05, 0) is 18.2 Å². The van der Waals surface area contributed by atoms with Crippen molar-refractivity contribution in [1.82, 2.24) is 0 Å². The first-order valence-corrected chi connectivity index (χ1v) is 7.70. The Hall–Kier alpha value is -2.87. The quantitative estimate of drug-likeness (QED) is 0.592. The standard InChI is InChI=1S/C14H7NO6S/c16-13-9-3-1-2-4-11(9)22(20-13)12-6-5-8(15(18)19)7-10(12)14(17)21-22/h1-7H. The number of nitro groups is 1. The molecule has 0 amide bonds. The van der Waals surface area contributed by atoms with Gasteiger partial charge in [-0.25, -0.2) is 9.59 Å². The molecule has 2 aliphatic rings. The molecule has 1 unspecified atom stereocenters. The van der Waals surface area contributed by atoms with Gasteiger partial charge in [-0.15, -0.1) is 0 Å². The van der Waals surface area contributed by atoms with Crippen LogP contribution in [0.2, 0.25) is 0 Å². The van der Waals surface area contributed by atoms with Crippen LogP contribution < -0.4 is 0 Å². The molecule has 0 radical (unpaired) electrons. The number of nitrogens with zero attached hydrogens (tertiary/aromatic N) is 1. The molecule has 2 heterocycles. The molecule has 2 aromatic carbocycles. The Balaban J connectivity index is 1.97. The molecule has 0 N–H and O–H groups in total. The third kappa shape index (κ3) is 1.47. The molecular weight excluding hydrogens is 310 g/mol. The largest absolute Gasteiger partial charge is 0.363 e. The number of hydrogen-bond acceptors (Lipinski definition) is 6. The highest BCUT2D eigenvalue weighted by Gasteiger charge is 2.50. The molecule has 110 valence electrons. The average Bonchev–Trinajstić information content (AvgIpc) is 2.95. The molecule has 7 nitrogen and oxygen atoms in total. The second-order valence-electron chi connectivity index (χ2n) is 4.68. The van der Waals surface area contributed by atoms with Crippen molar-refractivity contribution in [3.05, 3.63) is 63.7 Å². The molecule has 2 aliphatic heterocycles. The third-order valence-electron chi connectivity index (χ3n) is 3.47. The Kier molecular flexibility index (Phi) is 2.38. The van der Waals surface area contributed by atoms with Crippen molar-refractivity contribution in [2.75, 3.05) is 0 Å². The van der Waals surface area contributed by atoms with Crippen molar-refractivity contribution < 1.29 is 22.9 Å². The van der Waals surface area contributed by atoms with E-state index in [0.29, 0.717) is 15.4 Å². The second kappa shape index (κ2) is 4.08. The van der Waals surface area contributed by atoms with Gasteiger partial charge in [0.15, 0.2) is 0 Å². The molecule has 8 heteroatoms. The van der Waals surface area contributed by atoms with Gasteiger partial charge in [-0.2, -0.15) is 0 Å². The van der Waals surface area contributed by atoms with E-state index in [4.69, 9.17) is 8.37 Å². The van der Waals surface area contributed by atoms with Crippen LogP contribution in [0.4, 0.5) is 5.69 Å². The van der Waals surface area contributed by atoms with Crippen LogP contribution >= 0.6 is 10.6 Å². The molecule has 1 spiro atoms. The van der Waals surface area contributed by atoms with Gasteiger partial charge in [0.05, 0.1) is 16.1 Å². The number of benzene rings is 2. The molecule has 22 heavy (non-hydrogen) atoms. The van der Waals surface area contributed by atoms with Gasteiger partial charge in [0.25, 0.3) is 5.69 Å². The Morgan fingerprint density at radius 1 is 0.909 bits per heavy atom. The molecule has 0 bridgehead atoms. The zero-order valence-corrected chi connectivity index (χ0v) is 11.7. The van der Waals surface area contributed by atoms with E-state index in [1.54, 1.807) is 24.3 Å². The van der Waals surface area contributed by atoms with Gasteiger partial charge < -0.3 is 8.37 Å². The Bertz CT molecular complexity index is 879. The van der Waals surface area contributed by atoms with E-state index < -0.39 is 27.5 Å². The summed E-state index contributed by atoms with van der Waals surface area (Å²) < 4.78 is 10.8. The van der Waals surface area contributed by atoms with Crippen molar-refractivity contribution in [1.29, 1.82) is 0 Å². The van der Waals surface area contributed by atoms with E-state index in [1.807, 2.05) is 0 Å². The van der Waals surface area contributed by atoms with Gasteiger partial charge in [0.1, 0.15) is 9.79 Å². The van der Waals surface area contributed by atoms with Crippen molar-refractivity contribution in [3.63, 3.8) is 0 Å². The minimum absolute atomic E-state index is 0.0636. The number of non-ortho nitro benzene ring substituents is 1. The maximum absolute atomic E-state index is 12.1. The molecule has 1 atom stereocenters. The first kappa shape index (κ1) is 12.8. The maximum Gasteiger partial charge on any atom is 0.363 e. The maximum atomic E-state index is 12.1. The van der Waals surface area contributed by atoms with E-state index in [2.05, 4.69) is 0 Å². The highest BCUT2D eigenvalue weighted by atomic mass is 32.3. The molecular formula is C14H7NO6S. The smallest absolute Gasteiger partial charge is 0.330 e. The van der Waals surface area contributed by atoms with Gasteiger partial charge >= 0.3 is 11.9 Å². The van der Waals surface area contributed by atoms with Crippen LogP contribution in [0.3, 0.4) is 0 Å². The first-order valence-electron chi connectivity index (χ1n) is 6.21. The minimum atomic E-state index is -2.71. The van der Waals surface area contributed by atoms with Crippen LogP contribution in [0, 0.1) is 10.1 Å². The van der Waals surface area contributed by atoms with Crippen LogP contribution in [0.1, 0.15) is 20.7 Å². The van der Waals surface area contributed by atoms with E-state index in [0.717, 1.165) is 6.07 Å². The molecule has 0 fully saturated rings.